The molecule has 0 bridgehead atoms. The summed E-state index contributed by atoms with van der Waals surface area (Å²) in [6.45, 7) is 0.564. The Bertz CT molecular complexity index is 1110. The second-order valence-corrected chi connectivity index (χ2v) is 6.37. The zero-order chi connectivity index (χ0) is 20.2. The number of pyridine rings is 1. The Balaban J connectivity index is 2.10. The fourth-order valence-corrected chi connectivity index (χ4v) is 3.41. The third-order valence-electron chi connectivity index (χ3n) is 4.82. The molecule has 4 rings (SSSR count). The molecule has 2 N–H and O–H groups in total. The summed E-state index contributed by atoms with van der Waals surface area (Å²) >= 11 is 0. The lowest BCUT2D eigenvalue weighted by molar-refractivity contribution is 0.345. The largest absolute Gasteiger partial charge is 0.480 e. The second-order valence-electron chi connectivity index (χ2n) is 6.37. The minimum Gasteiger partial charge on any atom is -0.480 e. The van der Waals surface area contributed by atoms with Gasteiger partial charge in [-0.15, -0.1) is 0 Å². The number of rotatable bonds is 3. The fourth-order valence-electron chi connectivity index (χ4n) is 3.41. The second kappa shape index (κ2) is 6.41. The molecule has 146 valence electrons. The molecule has 10 heteroatoms. The SMILES string of the molecule is COc1nc(N)c2c(OC)nc(-c3c(F)ccc4c3N(C)N(C)C4)c(F)c2n1. The monoisotopic (exact) mass is 388 g/mol. The predicted octanol–water partition coefficient (Wildman–Crippen LogP) is 2.37. The van der Waals surface area contributed by atoms with E-state index in [0.29, 0.717) is 12.2 Å². The van der Waals surface area contributed by atoms with Crippen molar-refractivity contribution < 1.29 is 18.3 Å². The lowest BCUT2D eigenvalue weighted by atomic mass is 10.0. The minimum absolute atomic E-state index is 0.00226. The zero-order valence-corrected chi connectivity index (χ0v) is 15.7. The molecular formula is C18H18F2N6O2. The lowest BCUT2D eigenvalue weighted by Crippen LogP contribution is -2.30. The van der Waals surface area contributed by atoms with Crippen LogP contribution in [0.2, 0.25) is 0 Å². The van der Waals surface area contributed by atoms with Gasteiger partial charge in [0.2, 0.25) is 5.88 Å². The van der Waals surface area contributed by atoms with Crippen molar-refractivity contribution in [2.45, 2.75) is 6.54 Å². The first-order chi connectivity index (χ1) is 13.4. The van der Waals surface area contributed by atoms with Crippen LogP contribution in [0.3, 0.4) is 0 Å². The third-order valence-corrected chi connectivity index (χ3v) is 4.82. The van der Waals surface area contributed by atoms with Crippen LogP contribution in [0.15, 0.2) is 12.1 Å². The number of nitrogen functional groups attached to an aromatic ring is 1. The molecule has 0 radical (unpaired) electrons. The highest BCUT2D eigenvalue weighted by atomic mass is 19.1. The summed E-state index contributed by atoms with van der Waals surface area (Å²) in [6, 6.07) is 2.86. The normalized spacial score (nSPS) is 13.9. The molecule has 0 fully saturated rings. The van der Waals surface area contributed by atoms with Gasteiger partial charge >= 0.3 is 6.01 Å². The van der Waals surface area contributed by atoms with Crippen molar-refractivity contribution in [3.63, 3.8) is 0 Å². The molecular weight excluding hydrogens is 370 g/mol. The van der Waals surface area contributed by atoms with Gasteiger partial charge in [-0.05, 0) is 11.6 Å². The van der Waals surface area contributed by atoms with Crippen LogP contribution < -0.4 is 20.2 Å². The van der Waals surface area contributed by atoms with Gasteiger partial charge in [-0.2, -0.15) is 9.97 Å². The van der Waals surface area contributed by atoms with Crippen LogP contribution in [0, 0.1) is 11.6 Å². The molecule has 0 aliphatic carbocycles. The molecule has 0 unspecified atom stereocenters. The van der Waals surface area contributed by atoms with Crippen LogP contribution in [-0.2, 0) is 6.54 Å². The minimum atomic E-state index is -0.835. The van der Waals surface area contributed by atoms with Crippen molar-refractivity contribution >= 4 is 22.4 Å². The molecule has 0 saturated carbocycles. The van der Waals surface area contributed by atoms with E-state index in [9.17, 15) is 4.39 Å². The van der Waals surface area contributed by atoms with Crippen molar-refractivity contribution in [3.05, 3.63) is 29.3 Å². The Morgan fingerprint density at radius 2 is 1.82 bits per heavy atom. The summed E-state index contributed by atoms with van der Waals surface area (Å²) in [6.07, 6.45) is 0. The van der Waals surface area contributed by atoms with E-state index in [1.54, 1.807) is 18.1 Å². The summed E-state index contributed by atoms with van der Waals surface area (Å²) in [7, 11) is 6.32. The first-order valence-corrected chi connectivity index (χ1v) is 8.38. The third kappa shape index (κ3) is 2.48. The number of anilines is 2. The smallest absolute Gasteiger partial charge is 0.318 e. The highest BCUT2D eigenvalue weighted by Gasteiger charge is 2.31. The Morgan fingerprint density at radius 1 is 1.07 bits per heavy atom. The molecule has 3 aromatic rings. The van der Waals surface area contributed by atoms with Crippen LogP contribution in [0.5, 0.6) is 11.9 Å². The van der Waals surface area contributed by atoms with Gasteiger partial charge in [0.25, 0.3) is 0 Å². The molecule has 1 aliphatic heterocycles. The first kappa shape index (κ1) is 18.1. The number of hydrogen-bond acceptors (Lipinski definition) is 8. The van der Waals surface area contributed by atoms with E-state index < -0.39 is 11.6 Å². The van der Waals surface area contributed by atoms with E-state index in [1.807, 2.05) is 12.1 Å². The molecule has 0 atom stereocenters. The van der Waals surface area contributed by atoms with Crippen LogP contribution in [-0.4, -0.2) is 48.3 Å². The summed E-state index contributed by atoms with van der Waals surface area (Å²) in [5.41, 5.74) is 6.95. The molecule has 0 amide bonds. The van der Waals surface area contributed by atoms with E-state index in [2.05, 4.69) is 15.0 Å². The Morgan fingerprint density at radius 3 is 2.50 bits per heavy atom. The van der Waals surface area contributed by atoms with Crippen LogP contribution in [0.1, 0.15) is 5.56 Å². The number of benzene rings is 1. The number of fused-ring (bicyclic) bond motifs is 2. The van der Waals surface area contributed by atoms with Crippen LogP contribution >= 0.6 is 0 Å². The van der Waals surface area contributed by atoms with Crippen molar-refractivity contribution in [2.24, 2.45) is 0 Å². The molecule has 0 spiro atoms. The van der Waals surface area contributed by atoms with Crippen molar-refractivity contribution in [3.8, 4) is 23.1 Å². The summed E-state index contributed by atoms with van der Waals surface area (Å²) in [5, 5.41) is 3.73. The van der Waals surface area contributed by atoms with Gasteiger partial charge < -0.3 is 20.2 Å². The van der Waals surface area contributed by atoms with E-state index in [-0.39, 0.29) is 39.9 Å². The number of halogens is 2. The van der Waals surface area contributed by atoms with Gasteiger partial charge in [-0.1, -0.05) is 6.07 Å². The van der Waals surface area contributed by atoms with Gasteiger partial charge in [-0.3, -0.25) is 0 Å². The molecule has 2 aromatic heterocycles. The summed E-state index contributed by atoms with van der Waals surface area (Å²) in [4.78, 5) is 12.2. The zero-order valence-electron chi connectivity index (χ0n) is 15.7. The number of nitrogens with two attached hydrogens (primary N) is 1. The average Bonchev–Trinajstić information content (AvgIpc) is 2.97. The van der Waals surface area contributed by atoms with Crippen molar-refractivity contribution in [1.29, 1.82) is 0 Å². The van der Waals surface area contributed by atoms with Crippen LogP contribution in [0.25, 0.3) is 22.2 Å². The lowest BCUT2D eigenvalue weighted by Gasteiger charge is -2.23. The van der Waals surface area contributed by atoms with Crippen LogP contribution in [0.4, 0.5) is 20.3 Å². The number of hydrogen-bond donors (Lipinski definition) is 1. The highest BCUT2D eigenvalue weighted by Crippen LogP contribution is 2.43. The Labute approximate surface area is 159 Å². The van der Waals surface area contributed by atoms with Gasteiger partial charge in [0, 0.05) is 20.6 Å². The molecule has 28 heavy (non-hydrogen) atoms. The topological polar surface area (TPSA) is 89.6 Å². The molecule has 1 aromatic carbocycles. The highest BCUT2D eigenvalue weighted by molar-refractivity contribution is 5.96. The maximum Gasteiger partial charge on any atom is 0.318 e. The maximum absolute atomic E-state index is 15.5. The van der Waals surface area contributed by atoms with E-state index >= 15 is 4.39 Å². The Kier molecular flexibility index (Phi) is 4.15. The maximum atomic E-state index is 15.5. The van der Waals surface area contributed by atoms with E-state index in [4.69, 9.17) is 15.2 Å². The standard InChI is InChI=1S/C18H18F2N6O2/c1-25-7-8-5-6-9(19)10(15(8)26(25)2)13-12(20)14-11(17(22-13)27-3)16(21)24-18(23-14)28-4/h5-6H,7H2,1-4H3,(H2,21,23,24). The van der Waals surface area contributed by atoms with Gasteiger partial charge in [0.15, 0.2) is 5.82 Å². The average molecular weight is 388 g/mol. The number of aromatic nitrogens is 3. The van der Waals surface area contributed by atoms with E-state index in [1.165, 1.54) is 20.3 Å². The number of methoxy groups -OCH3 is 2. The van der Waals surface area contributed by atoms with Gasteiger partial charge in [0.05, 0.1) is 25.5 Å². The number of nitrogens with zero attached hydrogens (tertiary/aromatic N) is 5. The predicted molar refractivity (Wildman–Crippen MR) is 100 cm³/mol. The van der Waals surface area contributed by atoms with Gasteiger partial charge in [-0.25, -0.2) is 18.8 Å². The van der Waals surface area contributed by atoms with Crippen molar-refractivity contribution in [2.75, 3.05) is 39.1 Å². The number of ether oxygens (including phenoxy) is 2. The molecule has 0 saturated heterocycles. The first-order valence-electron chi connectivity index (χ1n) is 8.38. The molecule has 1 aliphatic rings. The summed E-state index contributed by atoms with van der Waals surface area (Å²) in [5.74, 6) is -1.49. The number of hydrazine groups is 1. The molecule has 3 heterocycles. The van der Waals surface area contributed by atoms with Crippen molar-refractivity contribution in [1.82, 2.24) is 20.0 Å². The fraction of sp³-hybridized carbons (Fsp3) is 0.278. The quantitative estimate of drug-likeness (QED) is 0.732. The summed E-state index contributed by atoms with van der Waals surface area (Å²) < 4.78 is 40.7. The molecule has 8 nitrogen and oxygen atoms in total. The van der Waals surface area contributed by atoms with Gasteiger partial charge in [0.1, 0.15) is 28.2 Å². The Hall–Kier alpha value is -3.27. The van der Waals surface area contributed by atoms with E-state index in [0.717, 1.165) is 5.56 Å².